The standard InChI is InChI=1S/C25H29N3O6S/c1-34-20-11-8-17(9-12-20)14-22(25(31)27-19-6-4-3-5-7-19)26-16-24(30)18-10-13-23(29)21(15-18)28-35(2,32)33/h3-13,15,22,24,26,28-30H,14,16H2,1-2H3,(H,27,31)/t22-,24?/m0/s1. The first-order chi connectivity index (χ1) is 16.6. The molecule has 1 unspecified atom stereocenters. The van der Waals surface area contributed by atoms with Crippen molar-refractivity contribution in [2.45, 2.75) is 18.6 Å². The molecule has 0 saturated heterocycles. The SMILES string of the molecule is COc1ccc(C[C@H](NCC(O)c2ccc(O)c(NS(C)(=O)=O)c2)C(=O)Nc2ccccc2)cc1. The van der Waals surface area contributed by atoms with E-state index < -0.39 is 22.2 Å². The normalized spacial score (nSPS) is 13.0. The fraction of sp³-hybridized carbons (Fsp3) is 0.240. The predicted molar refractivity (Wildman–Crippen MR) is 135 cm³/mol. The van der Waals surface area contributed by atoms with Crippen LogP contribution in [0.4, 0.5) is 11.4 Å². The van der Waals surface area contributed by atoms with E-state index in [9.17, 15) is 23.4 Å². The van der Waals surface area contributed by atoms with E-state index in [1.807, 2.05) is 42.5 Å². The van der Waals surface area contributed by atoms with Gasteiger partial charge in [-0.1, -0.05) is 36.4 Å². The van der Waals surface area contributed by atoms with Crippen molar-refractivity contribution in [3.8, 4) is 11.5 Å². The lowest BCUT2D eigenvalue weighted by atomic mass is 10.0. The monoisotopic (exact) mass is 499 g/mol. The van der Waals surface area contributed by atoms with Crippen molar-refractivity contribution in [2.24, 2.45) is 0 Å². The minimum atomic E-state index is -3.62. The molecule has 0 saturated carbocycles. The summed E-state index contributed by atoms with van der Waals surface area (Å²) in [6.45, 7) is 0.00607. The lowest BCUT2D eigenvalue weighted by molar-refractivity contribution is -0.118. The van der Waals surface area contributed by atoms with Crippen LogP contribution in [-0.2, 0) is 21.2 Å². The van der Waals surface area contributed by atoms with Crippen molar-refractivity contribution in [3.63, 3.8) is 0 Å². The first-order valence-electron chi connectivity index (χ1n) is 10.9. The third-order valence-corrected chi connectivity index (χ3v) is 5.81. The number of aromatic hydroxyl groups is 1. The van der Waals surface area contributed by atoms with Crippen LogP contribution in [0.5, 0.6) is 11.5 Å². The molecule has 3 aromatic carbocycles. The first-order valence-corrected chi connectivity index (χ1v) is 12.7. The quantitative estimate of drug-likeness (QED) is 0.256. The number of phenolic OH excluding ortho intramolecular Hbond substituents is 1. The van der Waals surface area contributed by atoms with Gasteiger partial charge in [-0.05, 0) is 53.9 Å². The number of aliphatic hydroxyl groups excluding tert-OH is 1. The number of rotatable bonds is 11. The number of ether oxygens (including phenoxy) is 1. The van der Waals surface area contributed by atoms with Crippen LogP contribution in [0.2, 0.25) is 0 Å². The molecule has 0 radical (unpaired) electrons. The number of hydrogen-bond donors (Lipinski definition) is 5. The maximum Gasteiger partial charge on any atom is 0.241 e. The molecule has 0 aliphatic heterocycles. The van der Waals surface area contributed by atoms with Crippen LogP contribution in [0.25, 0.3) is 0 Å². The summed E-state index contributed by atoms with van der Waals surface area (Å²) in [5, 5.41) is 26.6. The molecular weight excluding hydrogens is 470 g/mol. The van der Waals surface area contributed by atoms with E-state index in [0.717, 1.165) is 11.8 Å². The fourth-order valence-corrected chi connectivity index (χ4v) is 3.98. The van der Waals surface area contributed by atoms with Crippen LogP contribution in [0.3, 0.4) is 0 Å². The van der Waals surface area contributed by atoms with E-state index in [4.69, 9.17) is 4.74 Å². The topological polar surface area (TPSA) is 137 Å². The van der Waals surface area contributed by atoms with E-state index >= 15 is 0 Å². The number of sulfonamides is 1. The molecule has 0 aliphatic rings. The number of nitrogens with one attached hydrogen (secondary N) is 3. The van der Waals surface area contributed by atoms with Gasteiger partial charge < -0.3 is 25.6 Å². The maximum absolute atomic E-state index is 13.1. The molecule has 5 N–H and O–H groups in total. The molecule has 0 spiro atoms. The second-order valence-electron chi connectivity index (χ2n) is 8.03. The molecule has 2 atom stereocenters. The van der Waals surface area contributed by atoms with Gasteiger partial charge in [-0.3, -0.25) is 9.52 Å². The summed E-state index contributed by atoms with van der Waals surface area (Å²) in [4.78, 5) is 13.1. The minimum absolute atomic E-state index is 0.00607. The van der Waals surface area contributed by atoms with Crippen LogP contribution >= 0.6 is 0 Å². The van der Waals surface area contributed by atoms with Gasteiger partial charge in [0.05, 0.1) is 31.2 Å². The van der Waals surface area contributed by atoms with Gasteiger partial charge in [0.25, 0.3) is 0 Å². The summed E-state index contributed by atoms with van der Waals surface area (Å²) >= 11 is 0. The Bertz CT molecular complexity index is 1230. The summed E-state index contributed by atoms with van der Waals surface area (Å²) in [7, 11) is -2.04. The highest BCUT2D eigenvalue weighted by Crippen LogP contribution is 2.28. The van der Waals surface area contributed by atoms with Gasteiger partial charge in [0.2, 0.25) is 15.9 Å². The zero-order valence-electron chi connectivity index (χ0n) is 19.4. The summed E-state index contributed by atoms with van der Waals surface area (Å²) in [5.41, 5.74) is 1.87. The Morgan fingerprint density at radius 1 is 1.03 bits per heavy atom. The highest BCUT2D eigenvalue weighted by atomic mass is 32.2. The van der Waals surface area contributed by atoms with E-state index in [0.29, 0.717) is 23.4 Å². The van der Waals surface area contributed by atoms with Crippen molar-refractivity contribution in [3.05, 3.63) is 83.9 Å². The molecule has 0 fully saturated rings. The Morgan fingerprint density at radius 2 is 1.71 bits per heavy atom. The zero-order chi connectivity index (χ0) is 25.4. The average molecular weight is 500 g/mol. The van der Waals surface area contributed by atoms with Crippen LogP contribution in [0.1, 0.15) is 17.2 Å². The summed E-state index contributed by atoms with van der Waals surface area (Å²) in [6.07, 6.45) is 0.247. The lowest BCUT2D eigenvalue weighted by Gasteiger charge is -2.21. The van der Waals surface area contributed by atoms with Gasteiger partial charge in [0.15, 0.2) is 0 Å². The summed E-state index contributed by atoms with van der Waals surface area (Å²) in [6, 6.07) is 19.8. The van der Waals surface area contributed by atoms with Crippen LogP contribution in [0, 0.1) is 0 Å². The van der Waals surface area contributed by atoms with Crippen LogP contribution in [0.15, 0.2) is 72.8 Å². The minimum Gasteiger partial charge on any atom is -0.506 e. The number of hydrogen-bond acceptors (Lipinski definition) is 7. The van der Waals surface area contributed by atoms with Crippen LogP contribution in [-0.4, -0.2) is 50.5 Å². The number of carbonyl (C=O) groups excluding carboxylic acids is 1. The van der Waals surface area contributed by atoms with E-state index in [2.05, 4.69) is 15.4 Å². The number of aliphatic hydroxyl groups is 1. The number of amides is 1. The smallest absolute Gasteiger partial charge is 0.241 e. The molecule has 0 heterocycles. The van der Waals surface area contributed by atoms with Gasteiger partial charge in [0.1, 0.15) is 11.5 Å². The number of methoxy groups -OCH3 is 1. The number of phenols is 1. The molecular formula is C25H29N3O6S. The molecule has 0 aliphatic carbocycles. The summed E-state index contributed by atoms with van der Waals surface area (Å²) in [5.74, 6) is 0.163. The van der Waals surface area contributed by atoms with Crippen molar-refractivity contribution >= 4 is 27.3 Å². The number of anilines is 2. The summed E-state index contributed by atoms with van der Waals surface area (Å²) < 4.78 is 30.5. The Kier molecular flexibility index (Phi) is 8.69. The molecule has 0 bridgehead atoms. The number of carbonyl (C=O) groups is 1. The Hall–Kier alpha value is -3.60. The van der Waals surface area contributed by atoms with Crippen molar-refractivity contribution < 1.29 is 28.2 Å². The average Bonchev–Trinajstić information content (AvgIpc) is 2.83. The molecule has 9 nitrogen and oxygen atoms in total. The number of para-hydroxylation sites is 1. The van der Waals surface area contributed by atoms with Gasteiger partial charge in [0, 0.05) is 12.2 Å². The lowest BCUT2D eigenvalue weighted by Crippen LogP contribution is -2.43. The third kappa shape index (κ3) is 7.99. The van der Waals surface area contributed by atoms with E-state index in [-0.39, 0.29) is 23.9 Å². The largest absolute Gasteiger partial charge is 0.506 e. The second-order valence-corrected chi connectivity index (χ2v) is 9.78. The van der Waals surface area contributed by atoms with Crippen LogP contribution < -0.4 is 20.1 Å². The van der Waals surface area contributed by atoms with Gasteiger partial charge in [-0.25, -0.2) is 8.42 Å². The Balaban J connectivity index is 1.74. The Labute approximate surface area is 204 Å². The molecule has 0 aromatic heterocycles. The number of benzene rings is 3. The fourth-order valence-electron chi connectivity index (χ4n) is 3.42. The van der Waals surface area contributed by atoms with Gasteiger partial charge >= 0.3 is 0 Å². The first kappa shape index (κ1) is 26.0. The van der Waals surface area contributed by atoms with Gasteiger partial charge in [-0.15, -0.1) is 0 Å². The predicted octanol–water partition coefficient (Wildman–Crippen LogP) is 2.65. The molecule has 10 heteroatoms. The molecule has 3 aromatic rings. The third-order valence-electron chi connectivity index (χ3n) is 5.22. The molecule has 35 heavy (non-hydrogen) atoms. The van der Waals surface area contributed by atoms with Crippen molar-refractivity contribution in [2.75, 3.05) is 29.9 Å². The maximum atomic E-state index is 13.1. The molecule has 1 amide bonds. The second kappa shape index (κ2) is 11.7. The highest BCUT2D eigenvalue weighted by Gasteiger charge is 2.21. The highest BCUT2D eigenvalue weighted by molar-refractivity contribution is 7.92. The van der Waals surface area contributed by atoms with Crippen molar-refractivity contribution in [1.29, 1.82) is 0 Å². The zero-order valence-corrected chi connectivity index (χ0v) is 20.2. The molecule has 3 rings (SSSR count). The van der Waals surface area contributed by atoms with Crippen molar-refractivity contribution in [1.82, 2.24) is 5.32 Å². The Morgan fingerprint density at radius 3 is 2.34 bits per heavy atom. The van der Waals surface area contributed by atoms with E-state index in [1.54, 1.807) is 19.2 Å². The van der Waals surface area contributed by atoms with E-state index in [1.165, 1.54) is 18.2 Å². The van der Waals surface area contributed by atoms with Gasteiger partial charge in [-0.2, -0.15) is 0 Å². The molecule has 186 valence electrons.